The summed E-state index contributed by atoms with van der Waals surface area (Å²) in [5.74, 6) is 1.78. The lowest BCUT2D eigenvalue weighted by Crippen LogP contribution is -2.40. The maximum atomic E-state index is 11.5. The van der Waals surface area contributed by atoms with E-state index in [9.17, 15) is 4.79 Å². The number of aromatic nitrogens is 1. The molecule has 0 aliphatic heterocycles. The minimum absolute atomic E-state index is 0. The van der Waals surface area contributed by atoms with E-state index in [2.05, 4.69) is 46.4 Å². The number of nitrogens with zero attached hydrogens (tertiary/aromatic N) is 1. The molecule has 0 radical (unpaired) electrons. The number of unbranched alkanes of at least 4 members (excludes halogenated alkanes) is 4. The number of fused-ring (bicyclic) bond motifs is 2. The van der Waals surface area contributed by atoms with Gasteiger partial charge in [0.1, 0.15) is 0 Å². The zero-order valence-electron chi connectivity index (χ0n) is 24.3. The van der Waals surface area contributed by atoms with E-state index in [4.69, 9.17) is 9.47 Å². The van der Waals surface area contributed by atoms with E-state index in [0.717, 1.165) is 54.1 Å². The molecule has 0 amide bonds. The third-order valence-corrected chi connectivity index (χ3v) is 8.68. The Labute approximate surface area is 256 Å². The van der Waals surface area contributed by atoms with Crippen LogP contribution in [0.1, 0.15) is 68.6 Å². The van der Waals surface area contributed by atoms with E-state index < -0.39 is 0 Å². The van der Waals surface area contributed by atoms with Gasteiger partial charge in [0.25, 0.3) is 0 Å². The first kappa shape index (κ1) is 34.4. The van der Waals surface area contributed by atoms with E-state index in [0.29, 0.717) is 6.04 Å². The number of nitrogens with one attached hydrogen (secondary N) is 2. The van der Waals surface area contributed by atoms with E-state index in [1.807, 2.05) is 6.07 Å². The SMILES string of the molecule is CCCN(CCCCCCCNCCc1ccc2[nH]c(=O)sc2c1)[C@H]1CCc2c(ccc(OC)c2OC)C1.Cl.Cl. The Morgan fingerprint density at radius 2 is 1.80 bits per heavy atom. The lowest BCUT2D eigenvalue weighted by Gasteiger charge is -2.36. The van der Waals surface area contributed by atoms with Crippen molar-refractivity contribution in [2.75, 3.05) is 40.4 Å². The minimum atomic E-state index is 0. The van der Waals surface area contributed by atoms with Gasteiger partial charge in [-0.2, -0.15) is 0 Å². The fourth-order valence-corrected chi connectivity index (χ4v) is 6.64. The Morgan fingerprint density at radius 1 is 1.00 bits per heavy atom. The van der Waals surface area contributed by atoms with Gasteiger partial charge < -0.3 is 24.7 Å². The summed E-state index contributed by atoms with van der Waals surface area (Å²) in [4.78, 5) is 17.1. The molecular weight excluding hydrogens is 565 g/mol. The van der Waals surface area contributed by atoms with Crippen molar-refractivity contribution in [2.45, 2.75) is 77.2 Å². The van der Waals surface area contributed by atoms with Crippen molar-refractivity contribution >= 4 is 46.4 Å². The van der Waals surface area contributed by atoms with Gasteiger partial charge in [-0.15, -0.1) is 24.8 Å². The first-order valence-electron chi connectivity index (χ1n) is 14.4. The average Bonchev–Trinajstić information content (AvgIpc) is 3.31. The largest absolute Gasteiger partial charge is 0.493 e. The van der Waals surface area contributed by atoms with E-state index >= 15 is 0 Å². The second-order valence-corrected chi connectivity index (χ2v) is 11.5. The zero-order valence-corrected chi connectivity index (χ0v) is 26.7. The summed E-state index contributed by atoms with van der Waals surface area (Å²) in [5.41, 5.74) is 5.00. The second-order valence-electron chi connectivity index (χ2n) is 10.5. The van der Waals surface area contributed by atoms with Crippen LogP contribution in [0.2, 0.25) is 0 Å². The molecule has 2 aromatic carbocycles. The van der Waals surface area contributed by atoms with Crippen LogP contribution >= 0.6 is 36.2 Å². The van der Waals surface area contributed by atoms with Crippen LogP contribution in [0.15, 0.2) is 35.1 Å². The Balaban J connectivity index is 0.00000280. The molecule has 3 aromatic rings. The fraction of sp³-hybridized carbons (Fsp3) is 0.581. The number of methoxy groups -OCH3 is 2. The van der Waals surface area contributed by atoms with Gasteiger partial charge in [-0.1, -0.05) is 49.7 Å². The van der Waals surface area contributed by atoms with Crippen molar-refractivity contribution in [1.82, 2.24) is 15.2 Å². The summed E-state index contributed by atoms with van der Waals surface area (Å²) in [6, 6.07) is 11.2. The van der Waals surface area contributed by atoms with Gasteiger partial charge >= 0.3 is 4.87 Å². The molecular formula is C31H47Cl2N3O3S. The van der Waals surface area contributed by atoms with Gasteiger partial charge in [0.05, 0.1) is 24.4 Å². The summed E-state index contributed by atoms with van der Waals surface area (Å²) in [6.07, 6.45) is 12.0. The molecule has 224 valence electrons. The maximum absolute atomic E-state index is 11.5. The number of aromatic amines is 1. The Morgan fingerprint density at radius 3 is 2.58 bits per heavy atom. The van der Waals surface area contributed by atoms with Crippen LogP contribution in [0.5, 0.6) is 11.5 Å². The highest BCUT2D eigenvalue weighted by atomic mass is 35.5. The number of thiazole rings is 1. The Bertz CT molecular complexity index is 1220. The van der Waals surface area contributed by atoms with Crippen LogP contribution < -0.4 is 19.7 Å². The smallest absolute Gasteiger partial charge is 0.305 e. The highest BCUT2D eigenvalue weighted by Crippen LogP contribution is 2.38. The van der Waals surface area contributed by atoms with E-state index in [1.54, 1.807) is 14.2 Å². The molecule has 6 nitrogen and oxygen atoms in total. The van der Waals surface area contributed by atoms with Crippen molar-refractivity contribution in [3.05, 3.63) is 56.7 Å². The summed E-state index contributed by atoms with van der Waals surface area (Å²) in [5, 5.41) is 3.59. The highest BCUT2D eigenvalue weighted by molar-refractivity contribution is 7.16. The molecule has 1 heterocycles. The first-order valence-corrected chi connectivity index (χ1v) is 15.2. The van der Waals surface area contributed by atoms with Gasteiger partial charge in [0.15, 0.2) is 11.5 Å². The van der Waals surface area contributed by atoms with Gasteiger partial charge in [0.2, 0.25) is 0 Å². The monoisotopic (exact) mass is 611 g/mol. The molecule has 0 spiro atoms. The number of halogens is 2. The summed E-state index contributed by atoms with van der Waals surface area (Å²) in [6.45, 7) is 6.76. The zero-order chi connectivity index (χ0) is 26.7. The van der Waals surface area contributed by atoms with Crippen LogP contribution in [0.3, 0.4) is 0 Å². The van der Waals surface area contributed by atoms with Gasteiger partial charge in [-0.25, -0.2) is 0 Å². The van der Waals surface area contributed by atoms with Crippen molar-refractivity contribution < 1.29 is 9.47 Å². The number of rotatable bonds is 16. The molecule has 40 heavy (non-hydrogen) atoms. The molecule has 9 heteroatoms. The van der Waals surface area contributed by atoms with E-state index in [-0.39, 0.29) is 29.7 Å². The molecule has 1 aromatic heterocycles. The third kappa shape index (κ3) is 9.38. The second kappa shape index (κ2) is 17.9. The Hall–Kier alpha value is -1.77. The summed E-state index contributed by atoms with van der Waals surface area (Å²) >= 11 is 1.29. The normalized spacial score (nSPS) is 14.4. The van der Waals surface area contributed by atoms with Crippen LogP contribution in [0.4, 0.5) is 0 Å². The van der Waals surface area contributed by atoms with Crippen LogP contribution in [-0.2, 0) is 19.3 Å². The number of hydrogen-bond donors (Lipinski definition) is 2. The van der Waals surface area contributed by atoms with Crippen molar-refractivity contribution in [2.24, 2.45) is 0 Å². The van der Waals surface area contributed by atoms with Crippen molar-refractivity contribution in [1.29, 1.82) is 0 Å². The van der Waals surface area contributed by atoms with Gasteiger partial charge in [-0.05, 0) is 100 Å². The molecule has 1 aliphatic rings. The fourth-order valence-electron chi connectivity index (χ4n) is 5.84. The molecule has 4 rings (SSSR count). The first-order chi connectivity index (χ1) is 18.6. The standard InChI is InChI=1S/C31H45N3O3S.2ClH/c1-4-19-34(25-12-13-26-24(22-25)11-15-28(36-2)30(26)37-3)20-9-7-5-6-8-17-32-18-16-23-10-14-27-29(21-23)38-31(35)33-27;;/h10-11,14-15,21,25,32H,4-9,12-13,16-20,22H2,1-3H3,(H,33,35);2*1H/t25-;;/m0../s1. The minimum Gasteiger partial charge on any atom is -0.493 e. The number of hydrogen-bond acceptors (Lipinski definition) is 6. The topological polar surface area (TPSA) is 66.6 Å². The van der Waals surface area contributed by atoms with Crippen LogP contribution in [-0.4, -0.2) is 56.3 Å². The average molecular weight is 613 g/mol. The molecule has 0 fully saturated rings. The molecule has 1 atom stereocenters. The maximum Gasteiger partial charge on any atom is 0.305 e. The number of H-pyrrole nitrogens is 1. The molecule has 0 saturated heterocycles. The van der Waals surface area contributed by atoms with Crippen molar-refractivity contribution in [3.63, 3.8) is 0 Å². The lowest BCUT2D eigenvalue weighted by molar-refractivity contribution is 0.175. The molecule has 0 unspecified atom stereocenters. The number of ether oxygens (including phenoxy) is 2. The molecule has 1 aliphatic carbocycles. The lowest BCUT2D eigenvalue weighted by atomic mass is 9.86. The van der Waals surface area contributed by atoms with Gasteiger partial charge in [-0.3, -0.25) is 4.79 Å². The predicted octanol–water partition coefficient (Wildman–Crippen LogP) is 6.80. The molecule has 0 bridgehead atoms. The predicted molar refractivity (Wildman–Crippen MR) is 174 cm³/mol. The number of benzene rings is 2. The molecule has 0 saturated carbocycles. The van der Waals surface area contributed by atoms with Crippen LogP contribution in [0.25, 0.3) is 10.2 Å². The van der Waals surface area contributed by atoms with Crippen molar-refractivity contribution in [3.8, 4) is 11.5 Å². The van der Waals surface area contributed by atoms with Crippen LogP contribution in [0, 0.1) is 0 Å². The third-order valence-electron chi connectivity index (χ3n) is 7.83. The quantitative estimate of drug-likeness (QED) is 0.174. The highest BCUT2D eigenvalue weighted by Gasteiger charge is 2.27. The Kier molecular flexibility index (Phi) is 15.4. The summed E-state index contributed by atoms with van der Waals surface area (Å²) < 4.78 is 12.3. The summed E-state index contributed by atoms with van der Waals surface area (Å²) in [7, 11) is 3.47. The van der Waals surface area contributed by atoms with E-state index in [1.165, 1.54) is 86.1 Å². The van der Waals surface area contributed by atoms with Gasteiger partial charge in [0, 0.05) is 11.6 Å². The molecule has 2 N–H and O–H groups in total.